The molecule has 11 heteroatoms. The zero-order chi connectivity index (χ0) is 25.8. The number of cyclic esters (lactones) is 1. The lowest BCUT2D eigenvalue weighted by atomic mass is 10.0. The molecule has 0 bridgehead atoms. The number of nitrogens with zero attached hydrogens (tertiary/aromatic N) is 5. The number of ether oxygens (including phenoxy) is 4. The van der Waals surface area contributed by atoms with Crippen LogP contribution in [0.25, 0.3) is 11.0 Å². The summed E-state index contributed by atoms with van der Waals surface area (Å²) in [5.41, 5.74) is 3.18. The molecular formula is C27H27N5O6. The number of amides is 2. The van der Waals surface area contributed by atoms with Gasteiger partial charge in [-0.1, -0.05) is 0 Å². The lowest BCUT2D eigenvalue weighted by molar-refractivity contribution is -0.139. The summed E-state index contributed by atoms with van der Waals surface area (Å²) in [6, 6.07) is 11.0. The minimum Gasteiger partial charge on any atom is -0.486 e. The van der Waals surface area contributed by atoms with Crippen LogP contribution in [0.3, 0.4) is 0 Å². The third-order valence-corrected chi connectivity index (χ3v) is 7.84. The predicted octanol–water partition coefficient (Wildman–Crippen LogP) is 2.47. The van der Waals surface area contributed by atoms with Crippen LogP contribution < -0.4 is 24.0 Å². The Kier molecular flexibility index (Phi) is 5.38. The number of carbonyl (C=O) groups excluding carboxylic acids is 2. The van der Waals surface area contributed by atoms with Gasteiger partial charge in [0.15, 0.2) is 17.6 Å². The molecule has 0 saturated carbocycles. The second-order valence-electron chi connectivity index (χ2n) is 9.92. The molecule has 3 aromatic rings. The third-order valence-electron chi connectivity index (χ3n) is 7.84. The van der Waals surface area contributed by atoms with Gasteiger partial charge in [-0.3, -0.25) is 14.7 Å². The van der Waals surface area contributed by atoms with Crippen molar-refractivity contribution in [3.63, 3.8) is 0 Å². The molecule has 3 atom stereocenters. The van der Waals surface area contributed by atoms with E-state index in [-0.39, 0.29) is 18.5 Å². The van der Waals surface area contributed by atoms with Crippen molar-refractivity contribution < 1.29 is 28.5 Å². The van der Waals surface area contributed by atoms with Crippen LogP contribution in [0.1, 0.15) is 6.42 Å². The molecule has 0 aliphatic carbocycles. The topological polar surface area (TPSA) is 107 Å². The highest BCUT2D eigenvalue weighted by molar-refractivity contribution is 5.96. The largest absolute Gasteiger partial charge is 0.486 e. The van der Waals surface area contributed by atoms with E-state index in [0.717, 1.165) is 29.7 Å². The molecule has 3 fully saturated rings. The van der Waals surface area contributed by atoms with E-state index in [0.29, 0.717) is 55.3 Å². The summed E-state index contributed by atoms with van der Waals surface area (Å²) in [5, 5.41) is 0. The SMILES string of the molecule is COc1ccc2nccc(N3C[C@@H]4CCN(C(=O)C5CN(c6ccc7c(c6)OCCO7)C(=O)O5)[C@@H]4C3)c2n1. The molecule has 1 aromatic carbocycles. The third kappa shape index (κ3) is 3.72. The first-order valence-electron chi connectivity index (χ1n) is 12.8. The Hall–Kier alpha value is -4.28. The molecule has 11 nitrogen and oxygen atoms in total. The molecule has 1 unspecified atom stereocenters. The number of aromatic nitrogens is 2. The fourth-order valence-corrected chi connectivity index (χ4v) is 5.98. The fourth-order valence-electron chi connectivity index (χ4n) is 5.98. The number of anilines is 2. The lowest BCUT2D eigenvalue weighted by Crippen LogP contribution is -2.46. The van der Waals surface area contributed by atoms with Crippen molar-refractivity contribution in [3.05, 3.63) is 42.6 Å². The molecule has 6 heterocycles. The van der Waals surface area contributed by atoms with E-state index in [1.54, 1.807) is 37.6 Å². The van der Waals surface area contributed by atoms with Gasteiger partial charge in [-0.25, -0.2) is 9.78 Å². The van der Waals surface area contributed by atoms with Gasteiger partial charge in [-0.2, -0.15) is 0 Å². The van der Waals surface area contributed by atoms with Crippen molar-refractivity contribution in [3.8, 4) is 17.4 Å². The van der Waals surface area contributed by atoms with E-state index in [1.165, 1.54) is 4.90 Å². The number of pyridine rings is 2. The van der Waals surface area contributed by atoms with Crippen molar-refractivity contribution in [1.82, 2.24) is 14.9 Å². The number of rotatable bonds is 4. The average Bonchev–Trinajstić information content (AvgIpc) is 3.66. The molecule has 7 rings (SSSR count). The lowest BCUT2D eigenvalue weighted by Gasteiger charge is -2.27. The standard InChI is InChI=1S/C27H27N5O6/c1-35-24-5-3-18-25(29-24)19(6-8-28-18)30-13-16-7-9-31(20(16)14-30)26(33)23-15-32(27(34)38-23)17-2-4-21-22(12-17)37-11-10-36-21/h2-6,8,12,16,20,23H,7,9-11,13-15H2,1H3/t16-,20+,23?/m0/s1. The second kappa shape index (κ2) is 8.93. The van der Waals surface area contributed by atoms with E-state index >= 15 is 0 Å². The molecule has 2 amide bonds. The Morgan fingerprint density at radius 3 is 2.79 bits per heavy atom. The van der Waals surface area contributed by atoms with Crippen LogP contribution in [0.15, 0.2) is 42.6 Å². The first-order valence-corrected chi connectivity index (χ1v) is 12.8. The van der Waals surface area contributed by atoms with Gasteiger partial charge in [-0.05, 0) is 30.7 Å². The maximum Gasteiger partial charge on any atom is 0.415 e. The predicted molar refractivity (Wildman–Crippen MR) is 137 cm³/mol. The van der Waals surface area contributed by atoms with Crippen molar-refractivity contribution in [2.75, 3.05) is 56.3 Å². The van der Waals surface area contributed by atoms with Gasteiger partial charge in [0.05, 0.1) is 36.6 Å². The Balaban J connectivity index is 1.08. The number of benzene rings is 1. The number of hydrogen-bond acceptors (Lipinski definition) is 9. The quantitative estimate of drug-likeness (QED) is 0.516. The molecule has 4 aliphatic rings. The highest BCUT2D eigenvalue weighted by Gasteiger charge is 2.48. The summed E-state index contributed by atoms with van der Waals surface area (Å²) in [7, 11) is 1.60. The highest BCUT2D eigenvalue weighted by atomic mass is 16.6. The van der Waals surface area contributed by atoms with Crippen molar-refractivity contribution in [2.24, 2.45) is 5.92 Å². The summed E-state index contributed by atoms with van der Waals surface area (Å²) >= 11 is 0. The van der Waals surface area contributed by atoms with Crippen molar-refractivity contribution in [2.45, 2.75) is 18.6 Å². The van der Waals surface area contributed by atoms with E-state index in [1.807, 2.05) is 17.0 Å². The van der Waals surface area contributed by atoms with E-state index in [4.69, 9.17) is 18.9 Å². The Bertz CT molecular complexity index is 1430. The maximum atomic E-state index is 13.6. The van der Waals surface area contributed by atoms with Crippen LogP contribution in [0, 0.1) is 5.92 Å². The molecule has 196 valence electrons. The van der Waals surface area contributed by atoms with E-state index in [2.05, 4.69) is 14.9 Å². The molecular weight excluding hydrogens is 490 g/mol. The smallest absolute Gasteiger partial charge is 0.415 e. The molecule has 4 aliphatic heterocycles. The Labute approximate surface area is 218 Å². The second-order valence-corrected chi connectivity index (χ2v) is 9.92. The molecule has 2 aromatic heterocycles. The van der Waals surface area contributed by atoms with Gasteiger partial charge >= 0.3 is 6.09 Å². The van der Waals surface area contributed by atoms with Crippen LogP contribution in [0.4, 0.5) is 16.2 Å². The van der Waals surface area contributed by atoms with Gasteiger partial charge in [-0.15, -0.1) is 0 Å². The normalized spacial score (nSPS) is 24.1. The molecule has 3 saturated heterocycles. The maximum absolute atomic E-state index is 13.6. The van der Waals surface area contributed by atoms with E-state index in [9.17, 15) is 9.59 Å². The molecule has 0 spiro atoms. The molecule has 0 N–H and O–H groups in total. The van der Waals surface area contributed by atoms with Gasteiger partial charge in [0, 0.05) is 43.9 Å². The Morgan fingerprint density at radius 1 is 1.05 bits per heavy atom. The average molecular weight is 518 g/mol. The van der Waals surface area contributed by atoms with Crippen LogP contribution in [-0.2, 0) is 9.53 Å². The van der Waals surface area contributed by atoms with Crippen LogP contribution in [-0.4, -0.2) is 85.5 Å². The van der Waals surface area contributed by atoms with Gasteiger partial charge < -0.3 is 28.7 Å². The Morgan fingerprint density at radius 2 is 1.92 bits per heavy atom. The number of hydrogen-bond donors (Lipinski definition) is 0. The van der Waals surface area contributed by atoms with Crippen molar-refractivity contribution >= 4 is 34.4 Å². The van der Waals surface area contributed by atoms with Gasteiger partial charge in [0.25, 0.3) is 5.91 Å². The summed E-state index contributed by atoms with van der Waals surface area (Å²) in [6.45, 7) is 3.26. The number of methoxy groups -OCH3 is 1. The zero-order valence-corrected chi connectivity index (χ0v) is 20.9. The summed E-state index contributed by atoms with van der Waals surface area (Å²) in [5.74, 6) is 1.95. The summed E-state index contributed by atoms with van der Waals surface area (Å²) in [6.07, 6.45) is 1.30. The number of fused-ring (bicyclic) bond motifs is 3. The molecule has 0 radical (unpaired) electrons. The highest BCUT2D eigenvalue weighted by Crippen LogP contribution is 2.38. The minimum atomic E-state index is -0.851. The molecule has 38 heavy (non-hydrogen) atoms. The van der Waals surface area contributed by atoms with Gasteiger partial charge in [0.2, 0.25) is 5.88 Å². The minimum absolute atomic E-state index is 0.0402. The van der Waals surface area contributed by atoms with Crippen LogP contribution in [0.5, 0.6) is 17.4 Å². The fraction of sp³-hybridized carbons (Fsp3) is 0.407. The summed E-state index contributed by atoms with van der Waals surface area (Å²) < 4.78 is 22.1. The first kappa shape index (κ1) is 22.9. The number of likely N-dealkylation sites (tertiary alicyclic amines) is 1. The van der Waals surface area contributed by atoms with Crippen LogP contribution >= 0.6 is 0 Å². The first-order chi connectivity index (χ1) is 18.6. The van der Waals surface area contributed by atoms with E-state index < -0.39 is 12.2 Å². The van der Waals surface area contributed by atoms with Crippen molar-refractivity contribution in [1.29, 1.82) is 0 Å². The number of carbonyl (C=O) groups is 2. The zero-order valence-electron chi connectivity index (χ0n) is 20.9. The summed E-state index contributed by atoms with van der Waals surface area (Å²) in [4.78, 5) is 41.1. The monoisotopic (exact) mass is 517 g/mol. The van der Waals surface area contributed by atoms with Gasteiger partial charge in [0.1, 0.15) is 18.7 Å². The van der Waals surface area contributed by atoms with Crippen LogP contribution in [0.2, 0.25) is 0 Å².